The van der Waals surface area contributed by atoms with E-state index in [9.17, 15) is 13.2 Å². The molecule has 2 aromatic rings. The predicted molar refractivity (Wildman–Crippen MR) is 110 cm³/mol. The van der Waals surface area contributed by atoms with Gasteiger partial charge in [-0.1, -0.05) is 17.7 Å². The molecule has 2 heterocycles. The largest absolute Gasteiger partial charge is 0.369 e. The molecule has 6 nitrogen and oxygen atoms in total. The number of benzene rings is 2. The first-order valence-corrected chi connectivity index (χ1v) is 10.9. The molecule has 0 atom stereocenters. The lowest BCUT2D eigenvalue weighted by Gasteiger charge is -2.36. The van der Waals surface area contributed by atoms with Crippen LogP contribution in [-0.4, -0.2) is 51.9 Å². The number of sulfonamides is 1. The van der Waals surface area contributed by atoms with Gasteiger partial charge in [0.15, 0.2) is 0 Å². The second-order valence-electron chi connectivity index (χ2n) is 7.60. The van der Waals surface area contributed by atoms with Crippen molar-refractivity contribution in [2.24, 2.45) is 0 Å². The van der Waals surface area contributed by atoms with Crippen LogP contribution in [0.2, 0.25) is 0 Å². The smallest absolute Gasteiger partial charge is 0.243 e. The summed E-state index contributed by atoms with van der Waals surface area (Å²) < 4.78 is 27.8. The van der Waals surface area contributed by atoms with Gasteiger partial charge in [0.05, 0.1) is 11.3 Å². The van der Waals surface area contributed by atoms with E-state index in [-0.39, 0.29) is 17.2 Å². The predicted octanol–water partition coefficient (Wildman–Crippen LogP) is 2.33. The monoisotopic (exact) mass is 399 g/mol. The average Bonchev–Trinajstić information content (AvgIpc) is 2.95. The van der Waals surface area contributed by atoms with Crippen molar-refractivity contribution in [3.63, 3.8) is 0 Å². The Balaban J connectivity index is 1.51. The second kappa shape index (κ2) is 6.90. The molecular formula is C21H25N3O3S. The van der Waals surface area contributed by atoms with Crippen LogP contribution in [0.4, 0.5) is 11.4 Å². The molecule has 0 aliphatic carbocycles. The lowest BCUT2D eigenvalue weighted by Crippen LogP contribution is -2.48. The van der Waals surface area contributed by atoms with Crippen LogP contribution >= 0.6 is 0 Å². The van der Waals surface area contributed by atoms with Crippen LogP contribution in [0, 0.1) is 13.8 Å². The highest BCUT2D eigenvalue weighted by Gasteiger charge is 2.31. The number of aryl methyl sites for hydroxylation is 2. The first-order chi connectivity index (χ1) is 13.3. The third kappa shape index (κ3) is 3.18. The van der Waals surface area contributed by atoms with Crippen molar-refractivity contribution in [2.75, 3.05) is 43.0 Å². The summed E-state index contributed by atoms with van der Waals surface area (Å²) >= 11 is 0. The molecule has 0 aromatic heterocycles. The quantitative estimate of drug-likeness (QED) is 0.795. The molecule has 148 valence electrons. The Morgan fingerprint density at radius 3 is 2.25 bits per heavy atom. The van der Waals surface area contributed by atoms with Gasteiger partial charge in [0, 0.05) is 44.6 Å². The van der Waals surface area contributed by atoms with Crippen LogP contribution in [0.1, 0.15) is 16.7 Å². The average molecular weight is 400 g/mol. The number of carbonyl (C=O) groups is 1. The van der Waals surface area contributed by atoms with Gasteiger partial charge in [-0.05, 0) is 49.2 Å². The minimum atomic E-state index is -3.56. The van der Waals surface area contributed by atoms with Crippen molar-refractivity contribution >= 4 is 27.3 Å². The van der Waals surface area contributed by atoms with Gasteiger partial charge in [0.2, 0.25) is 15.9 Å². The van der Waals surface area contributed by atoms with Crippen molar-refractivity contribution in [3.05, 3.63) is 53.1 Å². The molecule has 2 aliphatic rings. The fourth-order valence-corrected chi connectivity index (χ4v) is 5.56. The molecule has 0 spiro atoms. The molecular weight excluding hydrogens is 374 g/mol. The van der Waals surface area contributed by atoms with Crippen LogP contribution in [-0.2, 0) is 21.2 Å². The Morgan fingerprint density at radius 1 is 0.893 bits per heavy atom. The normalized spacial score (nSPS) is 17.9. The van der Waals surface area contributed by atoms with E-state index < -0.39 is 10.0 Å². The first-order valence-electron chi connectivity index (χ1n) is 9.49. The molecule has 0 radical (unpaired) electrons. The van der Waals surface area contributed by atoms with E-state index in [0.717, 1.165) is 11.3 Å². The summed E-state index contributed by atoms with van der Waals surface area (Å²) in [6.45, 7) is 6.39. The van der Waals surface area contributed by atoms with Crippen molar-refractivity contribution in [1.29, 1.82) is 0 Å². The fraction of sp³-hybridized carbons (Fsp3) is 0.381. The first kappa shape index (κ1) is 19.0. The van der Waals surface area contributed by atoms with Gasteiger partial charge in [-0.15, -0.1) is 0 Å². The van der Waals surface area contributed by atoms with Gasteiger partial charge in [-0.25, -0.2) is 8.42 Å². The van der Waals surface area contributed by atoms with Crippen molar-refractivity contribution in [3.8, 4) is 0 Å². The molecule has 2 aromatic carbocycles. The maximum absolute atomic E-state index is 13.1. The van der Waals surface area contributed by atoms with Gasteiger partial charge in [0.1, 0.15) is 0 Å². The molecule has 2 aliphatic heterocycles. The minimum absolute atomic E-state index is 0.00775. The van der Waals surface area contributed by atoms with Crippen LogP contribution in [0.25, 0.3) is 0 Å². The molecule has 0 unspecified atom stereocenters. The molecule has 28 heavy (non-hydrogen) atoms. The van der Waals surface area contributed by atoms with Crippen molar-refractivity contribution < 1.29 is 13.2 Å². The zero-order valence-electron chi connectivity index (χ0n) is 16.5. The number of hydrogen-bond acceptors (Lipinski definition) is 4. The Morgan fingerprint density at radius 2 is 1.57 bits per heavy atom. The van der Waals surface area contributed by atoms with E-state index in [1.54, 1.807) is 34.5 Å². The van der Waals surface area contributed by atoms with Gasteiger partial charge in [-0.3, -0.25) is 4.79 Å². The van der Waals surface area contributed by atoms with Gasteiger partial charge < -0.3 is 9.80 Å². The third-order valence-corrected chi connectivity index (χ3v) is 7.59. The number of hydrogen-bond donors (Lipinski definition) is 0. The lowest BCUT2D eigenvalue weighted by atomic mass is 10.1. The summed E-state index contributed by atoms with van der Waals surface area (Å²) in [4.78, 5) is 16.0. The van der Waals surface area contributed by atoms with E-state index in [1.165, 1.54) is 16.8 Å². The van der Waals surface area contributed by atoms with Crippen LogP contribution in [0.3, 0.4) is 0 Å². The van der Waals surface area contributed by atoms with E-state index in [1.807, 2.05) is 0 Å². The summed E-state index contributed by atoms with van der Waals surface area (Å²) in [6.07, 6.45) is 0.260. The molecule has 0 bridgehead atoms. The summed E-state index contributed by atoms with van der Waals surface area (Å²) in [6, 6.07) is 11.4. The van der Waals surface area contributed by atoms with Gasteiger partial charge >= 0.3 is 0 Å². The molecule has 0 N–H and O–H groups in total. The van der Waals surface area contributed by atoms with Gasteiger partial charge in [0.25, 0.3) is 0 Å². The topological polar surface area (TPSA) is 60.9 Å². The minimum Gasteiger partial charge on any atom is -0.369 e. The van der Waals surface area contributed by atoms with Crippen LogP contribution in [0.15, 0.2) is 41.3 Å². The number of rotatable bonds is 3. The summed E-state index contributed by atoms with van der Waals surface area (Å²) in [5, 5.41) is 0. The Bertz CT molecular complexity index is 1040. The fourth-order valence-electron chi connectivity index (χ4n) is 4.09. The molecule has 1 fully saturated rings. The summed E-state index contributed by atoms with van der Waals surface area (Å²) in [7, 11) is -1.85. The highest BCUT2D eigenvalue weighted by Crippen LogP contribution is 2.31. The number of likely N-dealkylation sites (N-methyl/N-ethyl adjacent to an activating group) is 1. The van der Waals surface area contributed by atoms with E-state index >= 15 is 0 Å². The maximum atomic E-state index is 13.1. The SMILES string of the molecule is Cc1ccc(N2CCN(S(=O)(=O)c3ccc4c(c3)CC(=O)N4C)CC2)c(C)c1. The van der Waals surface area contributed by atoms with Crippen LogP contribution in [0.5, 0.6) is 0 Å². The number of carbonyl (C=O) groups excluding carboxylic acids is 1. The zero-order chi connectivity index (χ0) is 20.1. The van der Waals surface area contributed by atoms with Crippen molar-refractivity contribution in [1.82, 2.24) is 4.31 Å². The standard InChI is InChI=1S/C21H25N3O3S/c1-15-4-6-19(16(2)12-15)23-8-10-24(11-9-23)28(26,27)18-5-7-20-17(13-18)14-21(25)22(20)3/h4-7,12-13H,8-11,14H2,1-3H3. The lowest BCUT2D eigenvalue weighted by molar-refractivity contribution is -0.117. The molecule has 1 saturated heterocycles. The highest BCUT2D eigenvalue weighted by atomic mass is 32.2. The van der Waals surface area contributed by atoms with E-state index in [4.69, 9.17) is 0 Å². The summed E-state index contributed by atoms with van der Waals surface area (Å²) in [5.74, 6) is -0.00775. The number of fused-ring (bicyclic) bond motifs is 1. The number of piperazine rings is 1. The highest BCUT2D eigenvalue weighted by molar-refractivity contribution is 7.89. The van der Waals surface area contributed by atoms with Crippen molar-refractivity contribution in [2.45, 2.75) is 25.2 Å². The second-order valence-corrected chi connectivity index (χ2v) is 9.54. The summed E-state index contributed by atoms with van der Waals surface area (Å²) in [5.41, 5.74) is 5.18. The molecule has 0 saturated carbocycles. The molecule has 1 amide bonds. The van der Waals surface area contributed by atoms with Gasteiger partial charge in [-0.2, -0.15) is 4.31 Å². The zero-order valence-corrected chi connectivity index (χ0v) is 17.3. The Kier molecular flexibility index (Phi) is 4.67. The Labute approximate surface area is 166 Å². The number of amides is 1. The van der Waals surface area contributed by atoms with E-state index in [2.05, 4.69) is 36.9 Å². The Hall–Kier alpha value is -2.38. The van der Waals surface area contributed by atoms with Crippen LogP contribution < -0.4 is 9.80 Å². The molecule has 7 heteroatoms. The van der Waals surface area contributed by atoms with E-state index in [0.29, 0.717) is 26.2 Å². The number of nitrogens with zero attached hydrogens (tertiary/aromatic N) is 3. The number of anilines is 2. The molecule has 4 rings (SSSR count). The third-order valence-electron chi connectivity index (χ3n) is 5.70. The maximum Gasteiger partial charge on any atom is 0.243 e.